The number of likely N-dealkylation sites (tertiary alicyclic amines) is 1. The lowest BCUT2D eigenvalue weighted by molar-refractivity contribution is -0.384. The number of nitrogens with zero attached hydrogens (tertiary/aromatic N) is 2. The summed E-state index contributed by atoms with van der Waals surface area (Å²) in [6.07, 6.45) is 1.39. The van der Waals surface area contributed by atoms with E-state index in [0.717, 1.165) is 0 Å². The minimum absolute atomic E-state index is 0.0325. The van der Waals surface area contributed by atoms with E-state index in [-0.39, 0.29) is 40.6 Å². The van der Waals surface area contributed by atoms with E-state index in [9.17, 15) is 19.7 Å². The first-order valence-electron chi connectivity index (χ1n) is 8.55. The van der Waals surface area contributed by atoms with Gasteiger partial charge in [0.1, 0.15) is 0 Å². The van der Waals surface area contributed by atoms with Crippen LogP contribution in [0.4, 0.5) is 11.4 Å². The molecule has 140 valence electrons. The number of halogens is 1. The SMILES string of the molecule is O=C(Nc1ccccc1)C1CCCN(C(=O)c2ccc([N+](=O)[O-])cc2Cl)C1. The fraction of sp³-hybridized carbons (Fsp3) is 0.263. The monoisotopic (exact) mass is 387 g/mol. The second-order valence-corrected chi connectivity index (χ2v) is 6.77. The first kappa shape index (κ1) is 18.8. The number of nitro benzene ring substituents is 1. The molecule has 1 aliphatic heterocycles. The van der Waals surface area contributed by atoms with Gasteiger partial charge in [0, 0.05) is 30.9 Å². The van der Waals surface area contributed by atoms with Crippen LogP contribution in [0.3, 0.4) is 0 Å². The third kappa shape index (κ3) is 4.43. The number of hydrogen-bond acceptors (Lipinski definition) is 4. The van der Waals surface area contributed by atoms with E-state index in [0.29, 0.717) is 25.1 Å². The minimum Gasteiger partial charge on any atom is -0.338 e. The van der Waals surface area contributed by atoms with Crippen molar-refractivity contribution in [2.45, 2.75) is 12.8 Å². The van der Waals surface area contributed by atoms with Crippen molar-refractivity contribution in [3.05, 3.63) is 69.2 Å². The third-order valence-electron chi connectivity index (χ3n) is 4.51. The maximum Gasteiger partial charge on any atom is 0.270 e. The average molecular weight is 388 g/mol. The average Bonchev–Trinajstić information content (AvgIpc) is 2.68. The van der Waals surface area contributed by atoms with Gasteiger partial charge in [-0.25, -0.2) is 0 Å². The van der Waals surface area contributed by atoms with Gasteiger partial charge in [-0.2, -0.15) is 0 Å². The summed E-state index contributed by atoms with van der Waals surface area (Å²) in [6.45, 7) is 0.798. The molecule has 27 heavy (non-hydrogen) atoms. The van der Waals surface area contributed by atoms with Gasteiger partial charge in [0.15, 0.2) is 0 Å². The summed E-state index contributed by atoms with van der Waals surface area (Å²) >= 11 is 6.06. The molecule has 8 heteroatoms. The molecule has 1 N–H and O–H groups in total. The Morgan fingerprint density at radius 2 is 1.93 bits per heavy atom. The molecule has 0 radical (unpaired) electrons. The molecule has 0 bridgehead atoms. The zero-order valence-electron chi connectivity index (χ0n) is 14.4. The number of nitrogens with one attached hydrogen (secondary N) is 1. The largest absolute Gasteiger partial charge is 0.338 e. The number of hydrogen-bond donors (Lipinski definition) is 1. The van der Waals surface area contributed by atoms with Crippen LogP contribution < -0.4 is 5.32 Å². The van der Waals surface area contributed by atoms with Gasteiger partial charge in [0.25, 0.3) is 11.6 Å². The number of nitro groups is 1. The van der Waals surface area contributed by atoms with Crippen molar-refractivity contribution < 1.29 is 14.5 Å². The molecule has 1 aliphatic rings. The van der Waals surface area contributed by atoms with Crippen LogP contribution in [0.25, 0.3) is 0 Å². The molecule has 2 aromatic rings. The van der Waals surface area contributed by atoms with E-state index in [4.69, 9.17) is 11.6 Å². The van der Waals surface area contributed by atoms with Crippen LogP contribution in [0.1, 0.15) is 23.2 Å². The number of non-ortho nitro benzene ring substituents is 1. The highest BCUT2D eigenvalue weighted by atomic mass is 35.5. The van der Waals surface area contributed by atoms with Gasteiger partial charge < -0.3 is 10.2 Å². The van der Waals surface area contributed by atoms with Gasteiger partial charge in [-0.05, 0) is 31.0 Å². The van der Waals surface area contributed by atoms with Crippen LogP contribution in [0, 0.1) is 16.0 Å². The van der Waals surface area contributed by atoms with Crippen molar-refractivity contribution in [1.82, 2.24) is 4.90 Å². The summed E-state index contributed by atoms with van der Waals surface area (Å²) in [6, 6.07) is 12.9. The lowest BCUT2D eigenvalue weighted by Crippen LogP contribution is -2.43. The number of amides is 2. The maximum absolute atomic E-state index is 12.8. The second kappa shape index (κ2) is 8.18. The highest BCUT2D eigenvalue weighted by molar-refractivity contribution is 6.34. The Morgan fingerprint density at radius 1 is 1.19 bits per heavy atom. The number of para-hydroxylation sites is 1. The van der Waals surface area contributed by atoms with Gasteiger partial charge in [-0.1, -0.05) is 29.8 Å². The van der Waals surface area contributed by atoms with Gasteiger partial charge in [0.2, 0.25) is 5.91 Å². The molecular formula is C19H18ClN3O4. The number of carbonyl (C=O) groups excluding carboxylic acids is 2. The topological polar surface area (TPSA) is 92.6 Å². The molecule has 1 heterocycles. The molecular weight excluding hydrogens is 370 g/mol. The van der Waals surface area contributed by atoms with Crippen molar-refractivity contribution in [2.75, 3.05) is 18.4 Å². The van der Waals surface area contributed by atoms with Crippen molar-refractivity contribution in [1.29, 1.82) is 0 Å². The first-order chi connectivity index (χ1) is 13.0. The maximum atomic E-state index is 12.8. The number of benzene rings is 2. The van der Waals surface area contributed by atoms with E-state index in [2.05, 4.69) is 5.32 Å². The number of carbonyl (C=O) groups is 2. The van der Waals surface area contributed by atoms with Crippen LogP contribution in [-0.4, -0.2) is 34.7 Å². The Labute approximate surface area is 161 Å². The van der Waals surface area contributed by atoms with E-state index >= 15 is 0 Å². The van der Waals surface area contributed by atoms with Crippen molar-refractivity contribution >= 4 is 34.8 Å². The summed E-state index contributed by atoms with van der Waals surface area (Å²) < 4.78 is 0. The summed E-state index contributed by atoms with van der Waals surface area (Å²) in [5.74, 6) is -0.777. The molecule has 7 nitrogen and oxygen atoms in total. The Hall–Kier alpha value is -2.93. The predicted octanol–water partition coefficient (Wildman–Crippen LogP) is 3.74. The molecule has 0 aliphatic carbocycles. The van der Waals surface area contributed by atoms with Gasteiger partial charge in [-0.3, -0.25) is 19.7 Å². The van der Waals surface area contributed by atoms with E-state index < -0.39 is 4.92 Å². The molecule has 1 saturated heterocycles. The zero-order chi connectivity index (χ0) is 19.4. The fourth-order valence-electron chi connectivity index (χ4n) is 3.10. The summed E-state index contributed by atoms with van der Waals surface area (Å²) in [5, 5.41) is 13.7. The lowest BCUT2D eigenvalue weighted by Gasteiger charge is -2.32. The molecule has 0 saturated carbocycles. The van der Waals surface area contributed by atoms with Crippen LogP contribution in [0.5, 0.6) is 0 Å². The quantitative estimate of drug-likeness (QED) is 0.638. The Bertz CT molecular complexity index is 873. The Balaban J connectivity index is 1.69. The zero-order valence-corrected chi connectivity index (χ0v) is 15.2. The number of rotatable bonds is 4. The molecule has 2 aromatic carbocycles. The number of anilines is 1. The van der Waals surface area contributed by atoms with E-state index in [1.807, 2.05) is 18.2 Å². The minimum atomic E-state index is -0.565. The van der Waals surface area contributed by atoms with Crippen molar-refractivity contribution in [2.24, 2.45) is 5.92 Å². The van der Waals surface area contributed by atoms with Gasteiger partial charge >= 0.3 is 0 Å². The Kier molecular flexibility index (Phi) is 5.71. The lowest BCUT2D eigenvalue weighted by atomic mass is 9.96. The molecule has 1 atom stereocenters. The number of piperidine rings is 1. The second-order valence-electron chi connectivity index (χ2n) is 6.37. The van der Waals surface area contributed by atoms with Crippen LogP contribution in [0.15, 0.2) is 48.5 Å². The molecule has 2 amide bonds. The van der Waals surface area contributed by atoms with Gasteiger partial charge in [-0.15, -0.1) is 0 Å². The van der Waals surface area contributed by atoms with Crippen LogP contribution in [0.2, 0.25) is 5.02 Å². The first-order valence-corrected chi connectivity index (χ1v) is 8.92. The third-order valence-corrected chi connectivity index (χ3v) is 4.83. The van der Waals surface area contributed by atoms with Gasteiger partial charge in [0.05, 0.1) is 21.4 Å². The predicted molar refractivity (Wildman–Crippen MR) is 102 cm³/mol. The molecule has 1 fully saturated rings. The summed E-state index contributed by atoms with van der Waals surface area (Å²) in [4.78, 5) is 37.1. The summed E-state index contributed by atoms with van der Waals surface area (Å²) in [5.41, 5.74) is 0.742. The highest BCUT2D eigenvalue weighted by Gasteiger charge is 2.30. The molecule has 1 unspecified atom stereocenters. The standard InChI is InChI=1S/C19H18ClN3O4/c20-17-11-15(23(26)27)8-9-16(17)19(25)22-10-4-5-13(12-22)18(24)21-14-6-2-1-3-7-14/h1-3,6-9,11,13H,4-5,10,12H2,(H,21,24). The molecule has 3 rings (SSSR count). The van der Waals surface area contributed by atoms with E-state index in [1.165, 1.54) is 18.2 Å². The normalized spacial score (nSPS) is 16.6. The highest BCUT2D eigenvalue weighted by Crippen LogP contribution is 2.26. The van der Waals surface area contributed by atoms with Crippen molar-refractivity contribution in [3.8, 4) is 0 Å². The van der Waals surface area contributed by atoms with Crippen LogP contribution >= 0.6 is 11.6 Å². The summed E-state index contributed by atoms with van der Waals surface area (Å²) in [7, 11) is 0. The van der Waals surface area contributed by atoms with E-state index in [1.54, 1.807) is 17.0 Å². The van der Waals surface area contributed by atoms with Crippen molar-refractivity contribution in [3.63, 3.8) is 0 Å². The fourth-order valence-corrected chi connectivity index (χ4v) is 3.36. The van der Waals surface area contributed by atoms with Crippen LogP contribution in [-0.2, 0) is 4.79 Å². The smallest absolute Gasteiger partial charge is 0.270 e. The molecule has 0 aromatic heterocycles. The molecule has 0 spiro atoms. The Morgan fingerprint density at radius 3 is 2.59 bits per heavy atom.